The minimum atomic E-state index is -0.556. The van der Waals surface area contributed by atoms with Crippen LogP contribution >= 0.6 is 11.8 Å². The highest BCUT2D eigenvalue weighted by atomic mass is 32.2. The Balaban J connectivity index is 1.52. The number of benzene rings is 3. The fraction of sp³-hybridized carbons (Fsp3) is 0.154. The number of carbonyl (C=O) groups is 1. The van der Waals surface area contributed by atoms with Crippen molar-refractivity contribution in [3.63, 3.8) is 0 Å². The maximum Gasteiger partial charge on any atom is 0.323 e. The first-order valence-electron chi connectivity index (χ1n) is 11.1. The number of aryl methyl sites for hydroxylation is 2. The van der Waals surface area contributed by atoms with Crippen LogP contribution in [0.4, 0.5) is 5.69 Å². The Morgan fingerprint density at radius 3 is 2.46 bits per heavy atom. The second-order valence-electron chi connectivity index (χ2n) is 8.38. The standard InChI is InChI=1S/C26H23N5O3S/c1-14-7-6-8-15(2)22(14)31-24(33)18-9-4-5-10-19(18)30-26(31)35-16(3)23(32)27-17-11-12-20-21(13-17)29-25(34)28-20/h4-13,16H,1-3H3,(H,27,32)(H2,28,29,34). The minimum absolute atomic E-state index is 0.176. The third kappa shape index (κ3) is 4.26. The summed E-state index contributed by atoms with van der Waals surface area (Å²) in [6.07, 6.45) is 0. The van der Waals surface area contributed by atoms with Crippen molar-refractivity contribution in [1.82, 2.24) is 19.5 Å². The van der Waals surface area contributed by atoms with E-state index in [2.05, 4.69) is 15.3 Å². The van der Waals surface area contributed by atoms with Crippen molar-refractivity contribution in [3.05, 3.63) is 92.6 Å². The van der Waals surface area contributed by atoms with Gasteiger partial charge in [-0.25, -0.2) is 9.78 Å². The molecular formula is C26H23N5O3S. The molecule has 0 saturated carbocycles. The van der Waals surface area contributed by atoms with Gasteiger partial charge in [0.05, 0.1) is 32.9 Å². The second-order valence-corrected chi connectivity index (χ2v) is 9.69. The molecule has 5 rings (SSSR count). The number of hydrogen-bond acceptors (Lipinski definition) is 5. The Labute approximate surface area is 204 Å². The lowest BCUT2D eigenvalue weighted by atomic mass is 10.1. The van der Waals surface area contributed by atoms with Crippen LogP contribution in [0.5, 0.6) is 0 Å². The van der Waals surface area contributed by atoms with Gasteiger partial charge in [-0.1, -0.05) is 42.1 Å². The van der Waals surface area contributed by atoms with Gasteiger partial charge in [0.1, 0.15) is 0 Å². The Hall–Kier alpha value is -4.11. The van der Waals surface area contributed by atoms with Crippen LogP contribution in [0, 0.1) is 13.8 Å². The number of rotatable bonds is 5. The number of thioether (sulfide) groups is 1. The number of nitrogens with one attached hydrogen (secondary N) is 3. The molecule has 1 amide bonds. The zero-order chi connectivity index (χ0) is 24.7. The fourth-order valence-electron chi connectivity index (χ4n) is 4.11. The van der Waals surface area contributed by atoms with Crippen LogP contribution in [0.15, 0.2) is 75.4 Å². The monoisotopic (exact) mass is 485 g/mol. The zero-order valence-corrected chi connectivity index (χ0v) is 20.2. The highest BCUT2D eigenvalue weighted by Gasteiger charge is 2.22. The van der Waals surface area contributed by atoms with E-state index < -0.39 is 5.25 Å². The number of fused-ring (bicyclic) bond motifs is 2. The van der Waals surface area contributed by atoms with Crippen molar-refractivity contribution in [2.75, 3.05) is 5.32 Å². The first-order chi connectivity index (χ1) is 16.8. The van der Waals surface area contributed by atoms with Crippen molar-refractivity contribution in [2.45, 2.75) is 31.2 Å². The average Bonchev–Trinajstić information content (AvgIpc) is 3.20. The molecule has 2 heterocycles. The lowest BCUT2D eigenvalue weighted by Crippen LogP contribution is -2.27. The largest absolute Gasteiger partial charge is 0.325 e. The predicted molar refractivity (Wildman–Crippen MR) is 140 cm³/mol. The summed E-state index contributed by atoms with van der Waals surface area (Å²) >= 11 is 1.22. The Kier molecular flexibility index (Phi) is 5.78. The van der Waals surface area contributed by atoms with E-state index in [1.165, 1.54) is 11.8 Å². The van der Waals surface area contributed by atoms with E-state index in [1.54, 1.807) is 41.8 Å². The molecule has 5 aromatic rings. The summed E-state index contributed by atoms with van der Waals surface area (Å²) in [6, 6.07) is 18.2. The molecule has 0 aliphatic carbocycles. The van der Waals surface area contributed by atoms with Gasteiger partial charge >= 0.3 is 5.69 Å². The number of hydrogen-bond donors (Lipinski definition) is 3. The summed E-state index contributed by atoms with van der Waals surface area (Å²) in [5, 5.41) is 3.29. The highest BCUT2D eigenvalue weighted by molar-refractivity contribution is 8.00. The van der Waals surface area contributed by atoms with Gasteiger partial charge in [0.15, 0.2) is 5.16 Å². The number of carbonyl (C=O) groups excluding carboxylic acids is 1. The highest BCUT2D eigenvalue weighted by Crippen LogP contribution is 2.28. The van der Waals surface area contributed by atoms with Gasteiger partial charge in [-0.05, 0) is 62.2 Å². The number of anilines is 1. The molecule has 9 heteroatoms. The van der Waals surface area contributed by atoms with E-state index in [-0.39, 0.29) is 17.2 Å². The summed E-state index contributed by atoms with van der Waals surface area (Å²) in [5.74, 6) is -0.248. The van der Waals surface area contributed by atoms with Crippen molar-refractivity contribution in [2.24, 2.45) is 0 Å². The van der Waals surface area contributed by atoms with E-state index in [4.69, 9.17) is 4.98 Å². The second kappa shape index (κ2) is 8.92. The number of imidazole rings is 1. The van der Waals surface area contributed by atoms with Gasteiger partial charge in [-0.15, -0.1) is 0 Å². The van der Waals surface area contributed by atoms with Gasteiger partial charge in [0.25, 0.3) is 5.56 Å². The molecule has 0 aliphatic rings. The molecule has 0 bridgehead atoms. The lowest BCUT2D eigenvalue weighted by molar-refractivity contribution is -0.115. The van der Waals surface area contributed by atoms with Crippen LogP contribution < -0.4 is 16.6 Å². The van der Waals surface area contributed by atoms with Crippen LogP contribution in [0.2, 0.25) is 0 Å². The third-order valence-electron chi connectivity index (χ3n) is 5.84. The van der Waals surface area contributed by atoms with Crippen LogP contribution in [0.1, 0.15) is 18.1 Å². The van der Waals surface area contributed by atoms with Gasteiger partial charge < -0.3 is 15.3 Å². The lowest BCUT2D eigenvalue weighted by Gasteiger charge is -2.19. The molecule has 0 radical (unpaired) electrons. The molecule has 2 aromatic heterocycles. The molecule has 1 unspecified atom stereocenters. The number of aromatic nitrogens is 4. The first kappa shape index (κ1) is 22.7. The normalized spacial score (nSPS) is 12.2. The first-order valence-corrected chi connectivity index (χ1v) is 12.0. The summed E-state index contributed by atoms with van der Waals surface area (Å²) in [7, 11) is 0. The molecule has 3 aromatic carbocycles. The molecule has 176 valence electrons. The number of aromatic amines is 2. The number of H-pyrrole nitrogens is 2. The predicted octanol–water partition coefficient (Wildman–Crippen LogP) is 4.29. The molecule has 3 N–H and O–H groups in total. The Morgan fingerprint density at radius 1 is 0.971 bits per heavy atom. The van der Waals surface area contributed by atoms with Crippen molar-refractivity contribution >= 4 is 45.3 Å². The molecule has 1 atom stereocenters. The summed E-state index contributed by atoms with van der Waals surface area (Å²) in [4.78, 5) is 48.3. The van der Waals surface area contributed by atoms with E-state index in [1.807, 2.05) is 44.2 Å². The summed E-state index contributed by atoms with van der Waals surface area (Å²) in [5.41, 5.74) is 4.58. The maximum atomic E-state index is 13.6. The smallest absolute Gasteiger partial charge is 0.323 e. The van der Waals surface area contributed by atoms with E-state index in [0.717, 1.165) is 16.8 Å². The summed E-state index contributed by atoms with van der Waals surface area (Å²) in [6.45, 7) is 5.68. The Morgan fingerprint density at radius 2 is 1.69 bits per heavy atom. The maximum absolute atomic E-state index is 13.6. The molecule has 0 saturated heterocycles. The molecule has 0 spiro atoms. The third-order valence-corrected chi connectivity index (χ3v) is 6.90. The van der Waals surface area contributed by atoms with Gasteiger partial charge in [-0.3, -0.25) is 14.2 Å². The molecule has 0 fully saturated rings. The topological polar surface area (TPSA) is 113 Å². The zero-order valence-electron chi connectivity index (χ0n) is 19.4. The number of nitrogens with zero attached hydrogens (tertiary/aromatic N) is 2. The molecular weight excluding hydrogens is 462 g/mol. The van der Waals surface area contributed by atoms with Gasteiger partial charge in [0, 0.05) is 5.69 Å². The summed E-state index contributed by atoms with van der Waals surface area (Å²) < 4.78 is 1.61. The van der Waals surface area contributed by atoms with Crippen LogP contribution in [-0.2, 0) is 4.79 Å². The SMILES string of the molecule is Cc1cccc(C)c1-n1c(SC(C)C(=O)Nc2ccc3[nH]c(=O)[nH]c3c2)nc2ccccc2c1=O. The number of amides is 1. The Bertz CT molecular complexity index is 1700. The molecule has 8 nitrogen and oxygen atoms in total. The van der Waals surface area contributed by atoms with Crippen molar-refractivity contribution < 1.29 is 4.79 Å². The fourth-order valence-corrected chi connectivity index (χ4v) is 5.03. The quantitative estimate of drug-likeness (QED) is 0.254. The molecule has 0 aliphatic heterocycles. The van der Waals surface area contributed by atoms with E-state index in [9.17, 15) is 14.4 Å². The van der Waals surface area contributed by atoms with Crippen LogP contribution in [0.25, 0.3) is 27.6 Å². The van der Waals surface area contributed by atoms with Crippen LogP contribution in [-0.4, -0.2) is 30.7 Å². The van der Waals surface area contributed by atoms with E-state index >= 15 is 0 Å². The van der Waals surface area contributed by atoms with Crippen molar-refractivity contribution in [1.29, 1.82) is 0 Å². The minimum Gasteiger partial charge on any atom is -0.325 e. The van der Waals surface area contributed by atoms with Gasteiger partial charge in [-0.2, -0.15) is 0 Å². The average molecular weight is 486 g/mol. The number of para-hydroxylation sites is 2. The van der Waals surface area contributed by atoms with Crippen LogP contribution in [0.3, 0.4) is 0 Å². The molecule has 35 heavy (non-hydrogen) atoms. The van der Waals surface area contributed by atoms with Gasteiger partial charge in [0.2, 0.25) is 5.91 Å². The van der Waals surface area contributed by atoms with E-state index in [0.29, 0.717) is 32.8 Å². The van der Waals surface area contributed by atoms with Crippen molar-refractivity contribution in [3.8, 4) is 5.69 Å².